The van der Waals surface area contributed by atoms with Gasteiger partial charge in [-0.05, 0) is 30.3 Å². The van der Waals surface area contributed by atoms with Crippen LogP contribution in [0.4, 0.5) is 0 Å². The molecule has 1 N–H and O–H groups in total. The number of ether oxygens (including phenoxy) is 3. The molecular weight excluding hydrogens is 322 g/mol. The largest absolute Gasteiger partial charge is 0.491 e. The van der Waals surface area contributed by atoms with Gasteiger partial charge in [0.1, 0.15) is 36.6 Å². The zero-order chi connectivity index (χ0) is 17.3. The molecule has 0 aliphatic heterocycles. The molecule has 1 unspecified atom stereocenters. The topological polar surface area (TPSA) is 74.0 Å². The number of aromatic nitrogens is 1. The predicted molar refractivity (Wildman–Crippen MR) is 90.6 cm³/mol. The summed E-state index contributed by atoms with van der Waals surface area (Å²) in [4.78, 5) is 4.11. The Labute approximate surface area is 145 Å². The monoisotopic (exact) mass is 341 g/mol. The van der Waals surface area contributed by atoms with Gasteiger partial charge in [-0.25, -0.2) is 4.98 Å². The van der Waals surface area contributed by atoms with Crippen LogP contribution in [0.25, 0.3) is 0 Å². The van der Waals surface area contributed by atoms with E-state index in [0.29, 0.717) is 29.7 Å². The van der Waals surface area contributed by atoms with Crippen molar-refractivity contribution in [1.29, 1.82) is 0 Å². The number of hydrogen-bond acceptors (Lipinski definition) is 6. The van der Waals surface area contributed by atoms with Crippen LogP contribution < -0.4 is 9.47 Å². The lowest BCUT2D eigenvalue weighted by atomic mass is 10.3. The fourth-order valence-corrected chi connectivity index (χ4v) is 2.09. The standard InChI is InChI=1S/C19H19NO5/c21-15(12-22-14-18-7-4-10-23-18)13-24-16-5-3-6-17(11-16)25-19-8-1-2-9-20-19/h1-11,15,21H,12-14H2. The highest BCUT2D eigenvalue weighted by molar-refractivity contribution is 5.35. The minimum atomic E-state index is -0.740. The zero-order valence-corrected chi connectivity index (χ0v) is 13.6. The lowest BCUT2D eigenvalue weighted by Gasteiger charge is -2.13. The van der Waals surface area contributed by atoms with Gasteiger partial charge in [0.25, 0.3) is 0 Å². The number of nitrogens with zero attached hydrogens (tertiary/aromatic N) is 1. The number of rotatable bonds is 9. The molecule has 1 atom stereocenters. The Balaban J connectivity index is 1.43. The summed E-state index contributed by atoms with van der Waals surface area (Å²) in [6.45, 7) is 0.591. The van der Waals surface area contributed by atoms with E-state index in [1.807, 2.05) is 30.3 Å². The Morgan fingerprint density at radius 2 is 1.92 bits per heavy atom. The summed E-state index contributed by atoms with van der Waals surface area (Å²) in [5, 5.41) is 9.92. The Morgan fingerprint density at radius 1 is 1.00 bits per heavy atom. The van der Waals surface area contributed by atoms with Gasteiger partial charge in [-0.3, -0.25) is 0 Å². The fraction of sp³-hybridized carbons (Fsp3) is 0.211. The second-order valence-electron chi connectivity index (χ2n) is 5.30. The highest BCUT2D eigenvalue weighted by Crippen LogP contribution is 2.23. The van der Waals surface area contributed by atoms with Crippen molar-refractivity contribution in [2.45, 2.75) is 12.7 Å². The molecule has 0 bridgehead atoms. The van der Waals surface area contributed by atoms with E-state index in [4.69, 9.17) is 18.6 Å². The van der Waals surface area contributed by atoms with E-state index in [9.17, 15) is 5.11 Å². The molecule has 0 amide bonds. The van der Waals surface area contributed by atoms with Gasteiger partial charge in [-0.15, -0.1) is 0 Å². The minimum Gasteiger partial charge on any atom is -0.491 e. The SMILES string of the molecule is OC(COCc1ccco1)COc1cccc(Oc2ccccn2)c1. The maximum atomic E-state index is 9.92. The molecule has 25 heavy (non-hydrogen) atoms. The second kappa shape index (κ2) is 8.86. The van der Waals surface area contributed by atoms with Crippen molar-refractivity contribution in [3.63, 3.8) is 0 Å². The summed E-state index contributed by atoms with van der Waals surface area (Å²) in [6, 6.07) is 16.2. The van der Waals surface area contributed by atoms with Gasteiger partial charge in [-0.1, -0.05) is 12.1 Å². The Kier molecular flexibility index (Phi) is 6.03. The molecule has 0 radical (unpaired) electrons. The van der Waals surface area contributed by atoms with Crippen LogP contribution in [0, 0.1) is 0 Å². The average molecular weight is 341 g/mol. The molecule has 130 valence electrons. The first-order chi connectivity index (χ1) is 12.3. The molecule has 0 spiro atoms. The van der Waals surface area contributed by atoms with Crippen LogP contribution in [-0.4, -0.2) is 29.4 Å². The van der Waals surface area contributed by atoms with Crippen molar-refractivity contribution in [3.8, 4) is 17.4 Å². The van der Waals surface area contributed by atoms with Gasteiger partial charge >= 0.3 is 0 Å². The Morgan fingerprint density at radius 3 is 2.72 bits per heavy atom. The molecule has 1 aromatic carbocycles. The van der Waals surface area contributed by atoms with Crippen molar-refractivity contribution in [1.82, 2.24) is 4.98 Å². The van der Waals surface area contributed by atoms with Crippen molar-refractivity contribution in [2.75, 3.05) is 13.2 Å². The molecule has 2 aromatic heterocycles. The van der Waals surface area contributed by atoms with Crippen molar-refractivity contribution in [3.05, 3.63) is 72.8 Å². The molecule has 0 fully saturated rings. The van der Waals surface area contributed by atoms with Crippen LogP contribution >= 0.6 is 0 Å². The maximum Gasteiger partial charge on any atom is 0.219 e. The summed E-state index contributed by atoms with van der Waals surface area (Å²) in [5.41, 5.74) is 0. The summed E-state index contributed by atoms with van der Waals surface area (Å²) < 4.78 is 21.7. The van der Waals surface area contributed by atoms with Gasteiger partial charge in [0.15, 0.2) is 0 Å². The number of benzene rings is 1. The fourth-order valence-electron chi connectivity index (χ4n) is 2.09. The maximum absolute atomic E-state index is 9.92. The Bertz CT molecular complexity index is 746. The van der Waals surface area contributed by atoms with Crippen LogP contribution in [0.5, 0.6) is 17.4 Å². The van der Waals surface area contributed by atoms with Crippen molar-refractivity contribution in [2.24, 2.45) is 0 Å². The van der Waals surface area contributed by atoms with Gasteiger partial charge in [0.2, 0.25) is 5.88 Å². The number of furan rings is 1. The molecule has 6 heteroatoms. The van der Waals surface area contributed by atoms with Crippen molar-refractivity contribution < 1.29 is 23.7 Å². The van der Waals surface area contributed by atoms with E-state index >= 15 is 0 Å². The molecule has 0 aliphatic carbocycles. The normalized spacial score (nSPS) is 11.9. The molecule has 6 nitrogen and oxygen atoms in total. The molecule has 0 saturated carbocycles. The third-order valence-electron chi connectivity index (χ3n) is 3.24. The van der Waals surface area contributed by atoms with Gasteiger partial charge < -0.3 is 23.7 Å². The van der Waals surface area contributed by atoms with Gasteiger partial charge in [-0.2, -0.15) is 0 Å². The first-order valence-electron chi connectivity index (χ1n) is 7.89. The summed E-state index contributed by atoms with van der Waals surface area (Å²) in [5.74, 6) is 2.43. The van der Waals surface area contributed by atoms with E-state index in [2.05, 4.69) is 4.98 Å². The predicted octanol–water partition coefficient (Wildman–Crippen LogP) is 3.42. The number of pyridine rings is 1. The summed E-state index contributed by atoms with van der Waals surface area (Å²) >= 11 is 0. The molecular formula is C19H19NO5. The smallest absolute Gasteiger partial charge is 0.219 e. The lowest BCUT2D eigenvalue weighted by Crippen LogP contribution is -2.23. The molecule has 3 aromatic rings. The van der Waals surface area contributed by atoms with Gasteiger partial charge in [0, 0.05) is 18.3 Å². The van der Waals surface area contributed by atoms with Crippen LogP contribution in [0.15, 0.2) is 71.5 Å². The van der Waals surface area contributed by atoms with Crippen LogP contribution in [0.1, 0.15) is 5.76 Å². The minimum absolute atomic E-state index is 0.116. The summed E-state index contributed by atoms with van der Waals surface area (Å²) in [6.07, 6.45) is 2.50. The van der Waals surface area contributed by atoms with Crippen molar-refractivity contribution >= 4 is 0 Å². The number of aliphatic hydroxyl groups excluding tert-OH is 1. The highest BCUT2D eigenvalue weighted by Gasteiger charge is 2.07. The van der Waals surface area contributed by atoms with E-state index in [1.54, 1.807) is 36.7 Å². The number of hydrogen-bond donors (Lipinski definition) is 1. The number of aliphatic hydroxyl groups is 1. The third-order valence-corrected chi connectivity index (χ3v) is 3.24. The first-order valence-corrected chi connectivity index (χ1v) is 7.89. The molecule has 0 saturated heterocycles. The lowest BCUT2D eigenvalue weighted by molar-refractivity contribution is 0.000854. The third kappa shape index (κ3) is 5.63. The van der Waals surface area contributed by atoms with E-state index in [-0.39, 0.29) is 13.2 Å². The molecule has 3 rings (SSSR count). The van der Waals surface area contributed by atoms with Crippen LogP contribution in [-0.2, 0) is 11.3 Å². The first kappa shape index (κ1) is 17.0. The highest BCUT2D eigenvalue weighted by atomic mass is 16.5. The molecule has 2 heterocycles. The average Bonchev–Trinajstić information content (AvgIpc) is 3.15. The summed E-state index contributed by atoms with van der Waals surface area (Å²) in [7, 11) is 0. The van der Waals surface area contributed by atoms with Crippen LogP contribution in [0.2, 0.25) is 0 Å². The van der Waals surface area contributed by atoms with E-state index in [0.717, 1.165) is 0 Å². The van der Waals surface area contributed by atoms with E-state index in [1.165, 1.54) is 0 Å². The van der Waals surface area contributed by atoms with E-state index < -0.39 is 6.10 Å². The second-order valence-corrected chi connectivity index (χ2v) is 5.30. The Hall–Kier alpha value is -2.83. The van der Waals surface area contributed by atoms with Gasteiger partial charge in [0.05, 0.1) is 12.9 Å². The molecule has 0 aliphatic rings. The quantitative estimate of drug-likeness (QED) is 0.643. The van der Waals surface area contributed by atoms with Crippen LogP contribution in [0.3, 0.4) is 0 Å². The zero-order valence-electron chi connectivity index (χ0n) is 13.6.